The van der Waals surface area contributed by atoms with Crippen LogP contribution in [0.4, 0.5) is 0 Å². The van der Waals surface area contributed by atoms with E-state index < -0.39 is 5.97 Å². The number of amides is 2. The minimum atomic E-state index is -0.407. The Morgan fingerprint density at radius 2 is 1.71 bits per heavy atom. The summed E-state index contributed by atoms with van der Waals surface area (Å²) in [4.78, 5) is 39.7. The molecule has 2 aromatic rings. The molecule has 0 radical (unpaired) electrons. The van der Waals surface area contributed by atoms with Crippen LogP contribution in [0.25, 0.3) is 0 Å². The van der Waals surface area contributed by atoms with Gasteiger partial charge in [0.25, 0.3) is 11.8 Å². The van der Waals surface area contributed by atoms with Gasteiger partial charge in [-0.2, -0.15) is 5.10 Å². The van der Waals surface area contributed by atoms with Crippen molar-refractivity contribution in [1.29, 1.82) is 0 Å². The average molecular weight is 527 g/mol. The number of fused-ring (bicyclic) bond motifs is 1. The average Bonchev–Trinajstić information content (AvgIpc) is 3.29. The monoisotopic (exact) mass is 526 g/mol. The molecule has 0 bridgehead atoms. The summed E-state index contributed by atoms with van der Waals surface area (Å²) in [5, 5.41) is 7.73. The second-order valence-corrected chi connectivity index (χ2v) is 9.49. The predicted molar refractivity (Wildman–Crippen MR) is 140 cm³/mol. The van der Waals surface area contributed by atoms with Crippen LogP contribution in [0.5, 0.6) is 0 Å². The van der Waals surface area contributed by atoms with Crippen molar-refractivity contribution in [2.45, 2.75) is 52.0 Å². The summed E-state index contributed by atoms with van der Waals surface area (Å²) in [5.74, 6) is -0.538. The Labute approximate surface area is 223 Å². The minimum Gasteiger partial charge on any atom is -0.462 e. The number of hydrogen-bond acceptors (Lipinski definition) is 7. The Hall–Kier alpha value is -3.24. The van der Waals surface area contributed by atoms with Crippen molar-refractivity contribution in [3.63, 3.8) is 0 Å². The lowest BCUT2D eigenvalue weighted by Crippen LogP contribution is -2.40. The zero-order valence-electron chi connectivity index (χ0n) is 22.2. The molecule has 206 valence electrons. The molecule has 38 heavy (non-hydrogen) atoms. The Morgan fingerprint density at radius 1 is 1.00 bits per heavy atom. The molecule has 2 aliphatic heterocycles. The van der Waals surface area contributed by atoms with E-state index in [2.05, 4.69) is 5.32 Å². The number of benzene rings is 1. The normalized spacial score (nSPS) is 16.8. The SMILES string of the molecule is CCn1nc(CCCCOC(=O)c2ccc(C(=O)N3CCOCC3)cc2)c2c1C(=O)NCCCOCCC2. The highest BCUT2D eigenvalue weighted by atomic mass is 16.5. The number of aromatic nitrogens is 2. The molecular weight excluding hydrogens is 488 g/mol. The third kappa shape index (κ3) is 7.20. The van der Waals surface area contributed by atoms with E-state index in [9.17, 15) is 14.4 Å². The van der Waals surface area contributed by atoms with Crippen LogP contribution in [0, 0.1) is 0 Å². The topological polar surface area (TPSA) is 112 Å². The number of morpholine rings is 1. The Morgan fingerprint density at radius 3 is 2.47 bits per heavy atom. The van der Waals surface area contributed by atoms with E-state index in [0.29, 0.717) is 82.3 Å². The number of ether oxygens (including phenoxy) is 3. The van der Waals surface area contributed by atoms with Gasteiger partial charge in [0, 0.05) is 50.5 Å². The fourth-order valence-electron chi connectivity index (χ4n) is 4.75. The number of nitrogens with one attached hydrogen (secondary N) is 1. The van der Waals surface area contributed by atoms with E-state index in [1.54, 1.807) is 33.8 Å². The molecule has 10 nitrogen and oxygen atoms in total. The maximum Gasteiger partial charge on any atom is 0.338 e. The number of carbonyl (C=O) groups is 3. The van der Waals surface area contributed by atoms with E-state index in [4.69, 9.17) is 19.3 Å². The van der Waals surface area contributed by atoms with E-state index in [1.165, 1.54) is 0 Å². The van der Waals surface area contributed by atoms with Gasteiger partial charge >= 0.3 is 5.97 Å². The van der Waals surface area contributed by atoms with Crippen LogP contribution in [-0.2, 0) is 33.6 Å². The van der Waals surface area contributed by atoms with Crippen LogP contribution >= 0.6 is 0 Å². The summed E-state index contributed by atoms with van der Waals surface area (Å²) in [7, 11) is 0. The van der Waals surface area contributed by atoms with Gasteiger partial charge in [-0.05, 0) is 69.7 Å². The summed E-state index contributed by atoms with van der Waals surface area (Å²) < 4.78 is 18.2. The number of hydrogen-bond donors (Lipinski definition) is 1. The third-order valence-corrected chi connectivity index (χ3v) is 6.82. The summed E-state index contributed by atoms with van der Waals surface area (Å²) in [6, 6.07) is 6.60. The van der Waals surface area contributed by atoms with E-state index in [0.717, 1.165) is 36.9 Å². The highest BCUT2D eigenvalue weighted by Gasteiger charge is 2.23. The van der Waals surface area contributed by atoms with Crippen molar-refractivity contribution in [3.8, 4) is 0 Å². The lowest BCUT2D eigenvalue weighted by molar-refractivity contribution is 0.0302. The van der Waals surface area contributed by atoms with Crippen molar-refractivity contribution in [2.75, 3.05) is 52.7 Å². The summed E-state index contributed by atoms with van der Waals surface area (Å²) in [6.45, 7) is 7.05. The number of nitrogens with zero attached hydrogens (tertiary/aromatic N) is 3. The molecule has 1 fully saturated rings. The van der Waals surface area contributed by atoms with Gasteiger partial charge in [-0.15, -0.1) is 0 Å². The third-order valence-electron chi connectivity index (χ3n) is 6.82. The van der Waals surface area contributed by atoms with E-state index in [1.807, 2.05) is 6.92 Å². The zero-order valence-corrected chi connectivity index (χ0v) is 22.2. The van der Waals surface area contributed by atoms with Crippen molar-refractivity contribution >= 4 is 17.8 Å². The molecule has 1 aromatic heterocycles. The number of carbonyl (C=O) groups excluding carboxylic acids is 3. The molecular formula is C28H38N4O6. The van der Waals surface area contributed by atoms with Gasteiger partial charge in [0.15, 0.2) is 0 Å². The maximum atomic E-state index is 12.9. The first-order valence-corrected chi connectivity index (χ1v) is 13.7. The molecule has 2 amide bonds. The largest absolute Gasteiger partial charge is 0.462 e. The standard InChI is InChI=1S/C28H38N4O6/c1-2-32-25-23(7-5-16-36-17-6-13-29-26(25)33)24(30-32)8-3-4-18-38-28(35)22-11-9-21(10-12-22)27(34)31-14-19-37-20-15-31/h9-12H,2-8,13-20H2,1H3,(H,29,33). The van der Waals surface area contributed by atoms with Crippen molar-refractivity contribution in [2.24, 2.45) is 0 Å². The van der Waals surface area contributed by atoms with Gasteiger partial charge in [0.05, 0.1) is 31.1 Å². The first-order chi connectivity index (χ1) is 18.6. The molecule has 0 unspecified atom stereocenters. The van der Waals surface area contributed by atoms with Crippen LogP contribution in [0.1, 0.15) is 75.1 Å². The van der Waals surface area contributed by atoms with E-state index >= 15 is 0 Å². The highest BCUT2D eigenvalue weighted by molar-refractivity contribution is 5.96. The van der Waals surface area contributed by atoms with Gasteiger partial charge in [-0.3, -0.25) is 14.3 Å². The summed E-state index contributed by atoms with van der Waals surface area (Å²) in [5.41, 5.74) is 3.56. The summed E-state index contributed by atoms with van der Waals surface area (Å²) in [6.07, 6.45) is 4.56. The lowest BCUT2D eigenvalue weighted by Gasteiger charge is -2.26. The quantitative estimate of drug-likeness (QED) is 0.416. The number of rotatable bonds is 8. The van der Waals surface area contributed by atoms with Crippen molar-refractivity contribution < 1.29 is 28.6 Å². The van der Waals surface area contributed by atoms with Crippen LogP contribution in [0.15, 0.2) is 24.3 Å². The van der Waals surface area contributed by atoms with Gasteiger partial charge in [-0.25, -0.2) is 4.79 Å². The van der Waals surface area contributed by atoms with Gasteiger partial charge < -0.3 is 24.4 Å². The predicted octanol–water partition coefficient (Wildman–Crippen LogP) is 2.64. The van der Waals surface area contributed by atoms with Crippen molar-refractivity contribution in [1.82, 2.24) is 20.0 Å². The highest BCUT2D eigenvalue weighted by Crippen LogP contribution is 2.20. The second kappa shape index (κ2) is 14.1. The first-order valence-electron chi connectivity index (χ1n) is 13.7. The Bertz CT molecular complexity index is 1090. The van der Waals surface area contributed by atoms with Crippen LogP contribution in [0.3, 0.4) is 0 Å². The fraction of sp³-hybridized carbons (Fsp3) is 0.571. The van der Waals surface area contributed by atoms with E-state index in [-0.39, 0.29) is 18.4 Å². The molecule has 0 aliphatic carbocycles. The lowest BCUT2D eigenvalue weighted by atomic mass is 10.0. The smallest absolute Gasteiger partial charge is 0.338 e. The molecule has 3 heterocycles. The van der Waals surface area contributed by atoms with Gasteiger partial charge in [-0.1, -0.05) is 0 Å². The van der Waals surface area contributed by atoms with Gasteiger partial charge in [0.2, 0.25) is 0 Å². The van der Waals surface area contributed by atoms with Gasteiger partial charge in [0.1, 0.15) is 5.69 Å². The molecule has 4 rings (SSSR count). The summed E-state index contributed by atoms with van der Waals surface area (Å²) >= 11 is 0. The molecule has 0 spiro atoms. The number of aryl methyl sites for hydroxylation is 2. The number of unbranched alkanes of at least 4 members (excludes halogenated alkanes) is 1. The molecule has 2 aliphatic rings. The van der Waals surface area contributed by atoms with Crippen molar-refractivity contribution in [3.05, 3.63) is 52.3 Å². The van der Waals surface area contributed by atoms with Crippen LogP contribution in [-0.4, -0.2) is 85.1 Å². The molecule has 0 saturated carbocycles. The minimum absolute atomic E-state index is 0.0565. The molecule has 0 atom stereocenters. The molecule has 1 N–H and O–H groups in total. The Kier molecular flexibility index (Phi) is 10.3. The number of esters is 1. The second-order valence-electron chi connectivity index (χ2n) is 9.49. The zero-order chi connectivity index (χ0) is 26.7. The van der Waals surface area contributed by atoms with Crippen LogP contribution in [0.2, 0.25) is 0 Å². The molecule has 10 heteroatoms. The maximum absolute atomic E-state index is 12.9. The Balaban J connectivity index is 1.27. The van der Waals surface area contributed by atoms with Crippen LogP contribution < -0.4 is 5.32 Å². The molecule has 1 aromatic carbocycles. The first kappa shape index (κ1) is 27.8. The molecule has 1 saturated heterocycles. The fourth-order valence-corrected chi connectivity index (χ4v) is 4.75.